The summed E-state index contributed by atoms with van der Waals surface area (Å²) < 4.78 is 4.63. The average Bonchev–Trinajstić information content (AvgIpc) is 2.65. The van der Waals surface area contributed by atoms with Gasteiger partial charge in [0.2, 0.25) is 0 Å². The quantitative estimate of drug-likeness (QED) is 0.633. The summed E-state index contributed by atoms with van der Waals surface area (Å²) in [7, 11) is 1.35. The standard InChI is InChI=1S/C19H18N2O3.ClH/c1-24-19(23)9-5-13-4-8-16(17(10-13)18(22)12-21)15-6-2-14(11-20)3-7-15;/h2-4,6-8,10H,5,9,12,21H2,1H3;1H. The van der Waals surface area contributed by atoms with Crippen LogP contribution in [0.2, 0.25) is 0 Å². The number of nitrogens with two attached hydrogens (primary N) is 1. The number of nitrogens with zero attached hydrogens (tertiary/aromatic N) is 1. The Bertz CT molecular complexity index is 795. The highest BCUT2D eigenvalue weighted by Crippen LogP contribution is 2.26. The minimum Gasteiger partial charge on any atom is -0.469 e. The molecule has 6 heteroatoms. The number of halogens is 1. The van der Waals surface area contributed by atoms with E-state index in [1.54, 1.807) is 30.3 Å². The zero-order valence-electron chi connectivity index (χ0n) is 13.8. The lowest BCUT2D eigenvalue weighted by Gasteiger charge is -2.11. The van der Waals surface area contributed by atoms with Crippen LogP contribution in [0.3, 0.4) is 0 Å². The van der Waals surface area contributed by atoms with Crippen LogP contribution in [0.15, 0.2) is 42.5 Å². The van der Waals surface area contributed by atoms with Crippen molar-refractivity contribution in [1.82, 2.24) is 0 Å². The van der Waals surface area contributed by atoms with Crippen molar-refractivity contribution in [1.29, 1.82) is 5.26 Å². The molecule has 2 rings (SSSR count). The topological polar surface area (TPSA) is 93.2 Å². The molecule has 0 aliphatic carbocycles. The summed E-state index contributed by atoms with van der Waals surface area (Å²) in [4.78, 5) is 23.5. The molecular formula is C19H19ClN2O3. The van der Waals surface area contributed by atoms with Crippen molar-refractivity contribution in [3.05, 3.63) is 59.2 Å². The molecule has 0 aliphatic rings. The van der Waals surface area contributed by atoms with E-state index in [1.807, 2.05) is 12.1 Å². The van der Waals surface area contributed by atoms with Crippen molar-refractivity contribution in [2.45, 2.75) is 12.8 Å². The van der Waals surface area contributed by atoms with Crippen molar-refractivity contribution in [3.63, 3.8) is 0 Å². The molecule has 2 aromatic carbocycles. The maximum absolute atomic E-state index is 12.2. The van der Waals surface area contributed by atoms with Crippen molar-refractivity contribution < 1.29 is 14.3 Å². The number of esters is 1. The Morgan fingerprint density at radius 2 is 1.84 bits per heavy atom. The Hall–Kier alpha value is -2.68. The number of rotatable bonds is 6. The van der Waals surface area contributed by atoms with E-state index in [0.29, 0.717) is 17.5 Å². The van der Waals surface area contributed by atoms with E-state index in [1.165, 1.54) is 7.11 Å². The lowest BCUT2D eigenvalue weighted by atomic mass is 9.93. The monoisotopic (exact) mass is 358 g/mol. The largest absolute Gasteiger partial charge is 0.469 e. The molecule has 0 bridgehead atoms. The molecule has 0 saturated heterocycles. The molecule has 130 valence electrons. The Morgan fingerprint density at radius 1 is 1.16 bits per heavy atom. The fourth-order valence-corrected chi connectivity index (χ4v) is 2.41. The van der Waals surface area contributed by atoms with Gasteiger partial charge >= 0.3 is 5.97 Å². The van der Waals surface area contributed by atoms with E-state index in [4.69, 9.17) is 11.0 Å². The number of ether oxygens (including phenoxy) is 1. The molecule has 25 heavy (non-hydrogen) atoms. The predicted molar refractivity (Wildman–Crippen MR) is 97.6 cm³/mol. The van der Waals surface area contributed by atoms with Crippen LogP contribution in [0.1, 0.15) is 27.9 Å². The molecular weight excluding hydrogens is 340 g/mol. The normalized spacial score (nSPS) is 9.64. The molecule has 0 aliphatic heterocycles. The van der Waals surface area contributed by atoms with Crippen LogP contribution >= 0.6 is 12.4 Å². The Labute approximate surface area is 152 Å². The minimum absolute atomic E-state index is 0. The highest BCUT2D eigenvalue weighted by molar-refractivity contribution is 6.03. The molecule has 2 N–H and O–H groups in total. The second kappa shape index (κ2) is 9.58. The van der Waals surface area contributed by atoms with Crippen LogP contribution < -0.4 is 5.73 Å². The van der Waals surface area contributed by atoms with Crippen LogP contribution in [0.25, 0.3) is 11.1 Å². The first kappa shape index (κ1) is 20.4. The lowest BCUT2D eigenvalue weighted by Crippen LogP contribution is -2.15. The molecule has 0 radical (unpaired) electrons. The molecule has 5 nitrogen and oxygen atoms in total. The lowest BCUT2D eigenvalue weighted by molar-refractivity contribution is -0.140. The SMILES string of the molecule is COC(=O)CCc1ccc(-c2ccc(C#N)cc2)c(C(=O)CN)c1.Cl. The van der Waals surface area contributed by atoms with Gasteiger partial charge in [-0.2, -0.15) is 5.26 Å². The number of carbonyl (C=O) groups is 2. The van der Waals surface area contributed by atoms with E-state index in [2.05, 4.69) is 10.8 Å². The summed E-state index contributed by atoms with van der Waals surface area (Å²) in [6.07, 6.45) is 0.744. The van der Waals surface area contributed by atoms with Gasteiger partial charge in [0.15, 0.2) is 5.78 Å². The Morgan fingerprint density at radius 3 is 2.40 bits per heavy atom. The van der Waals surface area contributed by atoms with Gasteiger partial charge in [0.05, 0.1) is 25.3 Å². The summed E-state index contributed by atoms with van der Waals surface area (Å²) in [5.74, 6) is -0.466. The second-order valence-corrected chi connectivity index (χ2v) is 5.27. The number of nitriles is 1. The van der Waals surface area contributed by atoms with Crippen molar-refractivity contribution in [2.24, 2.45) is 5.73 Å². The van der Waals surface area contributed by atoms with Gasteiger partial charge in [-0.1, -0.05) is 24.3 Å². The zero-order valence-corrected chi connectivity index (χ0v) is 14.6. The number of hydrogen-bond donors (Lipinski definition) is 1. The predicted octanol–water partition coefficient (Wildman–Crippen LogP) is 2.89. The number of ketones is 1. The van der Waals surface area contributed by atoms with E-state index in [9.17, 15) is 9.59 Å². The zero-order chi connectivity index (χ0) is 17.5. The van der Waals surface area contributed by atoms with Crippen LogP contribution in [0.4, 0.5) is 0 Å². The fraction of sp³-hybridized carbons (Fsp3) is 0.211. The summed E-state index contributed by atoms with van der Waals surface area (Å²) in [5, 5.41) is 8.88. The molecule has 0 amide bonds. The molecule has 0 fully saturated rings. The van der Waals surface area contributed by atoms with Gasteiger partial charge in [-0.15, -0.1) is 12.4 Å². The molecule has 0 atom stereocenters. The highest BCUT2D eigenvalue weighted by Gasteiger charge is 2.13. The molecule has 0 unspecified atom stereocenters. The van der Waals surface area contributed by atoms with Crippen LogP contribution in [0.5, 0.6) is 0 Å². The van der Waals surface area contributed by atoms with Crippen LogP contribution in [-0.4, -0.2) is 25.4 Å². The summed E-state index contributed by atoms with van der Waals surface area (Å²) in [6, 6.07) is 14.6. The van der Waals surface area contributed by atoms with Gasteiger partial charge in [-0.25, -0.2) is 0 Å². The van der Waals surface area contributed by atoms with E-state index >= 15 is 0 Å². The van der Waals surface area contributed by atoms with Gasteiger partial charge in [-0.05, 0) is 41.3 Å². The van der Waals surface area contributed by atoms with Crippen molar-refractivity contribution >= 4 is 24.2 Å². The van der Waals surface area contributed by atoms with Gasteiger partial charge in [-0.3, -0.25) is 9.59 Å². The van der Waals surface area contributed by atoms with Gasteiger partial charge in [0, 0.05) is 12.0 Å². The average molecular weight is 359 g/mol. The number of methoxy groups -OCH3 is 1. The molecule has 0 aromatic heterocycles. The van der Waals surface area contributed by atoms with Gasteiger partial charge < -0.3 is 10.5 Å². The van der Waals surface area contributed by atoms with Gasteiger partial charge in [0.25, 0.3) is 0 Å². The third-order valence-corrected chi connectivity index (χ3v) is 3.74. The molecule has 0 saturated carbocycles. The molecule has 0 heterocycles. The second-order valence-electron chi connectivity index (χ2n) is 5.27. The first-order chi connectivity index (χ1) is 11.6. The third kappa shape index (κ3) is 5.15. The maximum atomic E-state index is 12.2. The van der Waals surface area contributed by atoms with Crippen molar-refractivity contribution in [2.75, 3.05) is 13.7 Å². The number of benzene rings is 2. The smallest absolute Gasteiger partial charge is 0.305 e. The van der Waals surface area contributed by atoms with E-state index in [-0.39, 0.29) is 37.1 Å². The summed E-state index contributed by atoms with van der Waals surface area (Å²) >= 11 is 0. The number of hydrogen-bond acceptors (Lipinski definition) is 5. The molecule has 0 spiro atoms. The van der Waals surface area contributed by atoms with E-state index < -0.39 is 0 Å². The Balaban J connectivity index is 0.00000312. The minimum atomic E-state index is -0.294. The number of aryl methyl sites for hydroxylation is 1. The maximum Gasteiger partial charge on any atom is 0.305 e. The number of carbonyl (C=O) groups excluding carboxylic acids is 2. The molecule has 2 aromatic rings. The van der Waals surface area contributed by atoms with E-state index in [0.717, 1.165) is 16.7 Å². The van der Waals surface area contributed by atoms with Crippen molar-refractivity contribution in [3.8, 4) is 17.2 Å². The fourth-order valence-electron chi connectivity index (χ4n) is 2.41. The van der Waals surface area contributed by atoms with Gasteiger partial charge in [0.1, 0.15) is 0 Å². The first-order valence-corrected chi connectivity index (χ1v) is 7.52. The Kier molecular flexibility index (Phi) is 7.80. The highest BCUT2D eigenvalue weighted by atomic mass is 35.5. The summed E-state index contributed by atoms with van der Waals surface area (Å²) in [5.41, 5.74) is 9.07. The summed E-state index contributed by atoms with van der Waals surface area (Å²) in [6.45, 7) is -0.0935. The third-order valence-electron chi connectivity index (χ3n) is 3.74. The number of Topliss-reactive ketones (excluding diaryl/α,β-unsaturated/α-hetero) is 1. The van der Waals surface area contributed by atoms with Crippen LogP contribution in [-0.2, 0) is 16.0 Å². The first-order valence-electron chi connectivity index (χ1n) is 7.52. The van der Waals surface area contributed by atoms with Crippen LogP contribution in [0, 0.1) is 11.3 Å².